The number of carbonyl (C=O) groups excluding carboxylic acids is 1. The Bertz CT molecular complexity index is 912. The molecular weight excluding hydrogens is 372 g/mol. The Labute approximate surface area is 160 Å². The topological polar surface area (TPSA) is 69.0 Å². The summed E-state index contributed by atoms with van der Waals surface area (Å²) in [5.41, 5.74) is 1.55. The number of para-hydroxylation sites is 2. The normalized spacial score (nSPS) is 10.6. The Morgan fingerprint density at radius 2 is 1.92 bits per heavy atom. The summed E-state index contributed by atoms with van der Waals surface area (Å²) in [4.78, 5) is 12.2. The molecular formula is C18H17ClN4O2S. The number of anilines is 1. The minimum atomic E-state index is -0.143. The van der Waals surface area contributed by atoms with E-state index < -0.39 is 0 Å². The summed E-state index contributed by atoms with van der Waals surface area (Å²) in [6.07, 6.45) is 0. The second-order valence-electron chi connectivity index (χ2n) is 5.41. The van der Waals surface area contributed by atoms with Crippen LogP contribution in [0.4, 0.5) is 5.69 Å². The van der Waals surface area contributed by atoms with E-state index in [9.17, 15) is 4.79 Å². The fraction of sp³-hybridized carbons (Fsp3) is 0.167. The third kappa shape index (κ3) is 4.17. The zero-order valence-electron chi connectivity index (χ0n) is 14.3. The molecule has 2 aromatic carbocycles. The summed E-state index contributed by atoms with van der Waals surface area (Å²) >= 11 is 7.23. The summed E-state index contributed by atoms with van der Waals surface area (Å²) in [6.45, 7) is 0. The van der Waals surface area contributed by atoms with Gasteiger partial charge in [-0.3, -0.25) is 4.79 Å². The molecule has 0 aliphatic carbocycles. The maximum Gasteiger partial charge on any atom is 0.234 e. The fourth-order valence-electron chi connectivity index (χ4n) is 2.36. The van der Waals surface area contributed by atoms with Crippen LogP contribution in [0, 0.1) is 0 Å². The monoisotopic (exact) mass is 388 g/mol. The summed E-state index contributed by atoms with van der Waals surface area (Å²) < 4.78 is 7.08. The lowest BCUT2D eigenvalue weighted by Crippen LogP contribution is -2.15. The highest BCUT2D eigenvalue weighted by Crippen LogP contribution is 2.25. The van der Waals surface area contributed by atoms with Crippen molar-refractivity contribution in [2.45, 2.75) is 5.16 Å². The van der Waals surface area contributed by atoms with E-state index in [1.165, 1.54) is 11.8 Å². The first-order valence-corrected chi connectivity index (χ1v) is 9.16. The van der Waals surface area contributed by atoms with E-state index in [4.69, 9.17) is 16.3 Å². The quantitative estimate of drug-likeness (QED) is 0.649. The van der Waals surface area contributed by atoms with Gasteiger partial charge in [-0.1, -0.05) is 35.5 Å². The molecule has 0 saturated carbocycles. The van der Waals surface area contributed by atoms with Gasteiger partial charge in [0.1, 0.15) is 5.75 Å². The van der Waals surface area contributed by atoms with Gasteiger partial charge in [0.15, 0.2) is 11.0 Å². The highest BCUT2D eigenvalue weighted by molar-refractivity contribution is 7.99. The number of nitrogens with zero attached hydrogens (tertiary/aromatic N) is 3. The van der Waals surface area contributed by atoms with Gasteiger partial charge in [-0.15, -0.1) is 10.2 Å². The molecule has 0 unspecified atom stereocenters. The van der Waals surface area contributed by atoms with E-state index in [-0.39, 0.29) is 11.7 Å². The molecule has 0 bridgehead atoms. The Morgan fingerprint density at radius 3 is 2.65 bits per heavy atom. The summed E-state index contributed by atoms with van der Waals surface area (Å²) in [6, 6.07) is 14.7. The second kappa shape index (κ2) is 8.25. The second-order valence-corrected chi connectivity index (χ2v) is 6.79. The van der Waals surface area contributed by atoms with Crippen molar-refractivity contribution in [3.05, 3.63) is 53.6 Å². The number of hydrogen-bond acceptors (Lipinski definition) is 5. The first kappa shape index (κ1) is 18.3. The number of ether oxygens (including phenoxy) is 1. The molecule has 1 amide bonds. The molecule has 3 aromatic rings. The number of rotatable bonds is 6. The lowest BCUT2D eigenvalue weighted by atomic mass is 10.2. The number of aromatic nitrogens is 3. The zero-order chi connectivity index (χ0) is 18.5. The van der Waals surface area contributed by atoms with Gasteiger partial charge in [-0.05, 0) is 36.4 Å². The van der Waals surface area contributed by atoms with Crippen molar-refractivity contribution in [1.82, 2.24) is 14.8 Å². The predicted molar refractivity (Wildman–Crippen MR) is 104 cm³/mol. The van der Waals surface area contributed by atoms with Crippen LogP contribution >= 0.6 is 23.4 Å². The smallest absolute Gasteiger partial charge is 0.234 e. The highest BCUT2D eigenvalue weighted by atomic mass is 35.5. The van der Waals surface area contributed by atoms with Gasteiger partial charge in [0.05, 0.1) is 18.6 Å². The van der Waals surface area contributed by atoms with Crippen LogP contribution in [0.3, 0.4) is 0 Å². The van der Waals surface area contributed by atoms with E-state index in [0.29, 0.717) is 27.4 Å². The lowest BCUT2D eigenvalue weighted by Gasteiger charge is -2.09. The molecule has 0 saturated heterocycles. The standard InChI is InChI=1S/C18H17ClN4O2S/c1-23-17(12-7-9-13(19)10-8-12)21-22-18(23)26-11-16(24)20-14-5-3-4-6-15(14)25-2/h3-10H,11H2,1-2H3,(H,20,24). The molecule has 1 aromatic heterocycles. The predicted octanol–water partition coefficient (Wildman–Crippen LogP) is 3.87. The van der Waals surface area contributed by atoms with Crippen LogP contribution in [0.15, 0.2) is 53.7 Å². The van der Waals surface area contributed by atoms with Gasteiger partial charge in [-0.2, -0.15) is 0 Å². The lowest BCUT2D eigenvalue weighted by molar-refractivity contribution is -0.113. The summed E-state index contributed by atoms with van der Waals surface area (Å²) in [5, 5.41) is 12.5. The highest BCUT2D eigenvalue weighted by Gasteiger charge is 2.14. The van der Waals surface area contributed by atoms with Crippen molar-refractivity contribution in [2.75, 3.05) is 18.2 Å². The van der Waals surface area contributed by atoms with Crippen LogP contribution in [-0.4, -0.2) is 33.5 Å². The number of carbonyl (C=O) groups is 1. The molecule has 3 rings (SSSR count). The third-order valence-electron chi connectivity index (χ3n) is 3.65. The number of nitrogens with one attached hydrogen (secondary N) is 1. The van der Waals surface area contributed by atoms with Crippen LogP contribution in [0.25, 0.3) is 11.4 Å². The molecule has 26 heavy (non-hydrogen) atoms. The molecule has 1 heterocycles. The van der Waals surface area contributed by atoms with Crippen molar-refractivity contribution in [1.29, 1.82) is 0 Å². The van der Waals surface area contributed by atoms with Crippen LogP contribution in [0.2, 0.25) is 5.02 Å². The van der Waals surface area contributed by atoms with Crippen LogP contribution in [-0.2, 0) is 11.8 Å². The summed E-state index contributed by atoms with van der Waals surface area (Å²) in [7, 11) is 3.43. The van der Waals surface area contributed by atoms with E-state index in [1.807, 2.05) is 35.9 Å². The molecule has 1 N–H and O–H groups in total. The van der Waals surface area contributed by atoms with E-state index in [1.54, 1.807) is 31.4 Å². The molecule has 8 heteroatoms. The summed E-state index contributed by atoms with van der Waals surface area (Å²) in [5.74, 6) is 1.41. The Hall–Kier alpha value is -2.51. The van der Waals surface area contributed by atoms with Gasteiger partial charge in [0, 0.05) is 17.6 Å². The molecule has 0 radical (unpaired) electrons. The number of halogens is 1. The van der Waals surface area contributed by atoms with Gasteiger partial charge in [-0.25, -0.2) is 0 Å². The molecule has 6 nitrogen and oxygen atoms in total. The first-order chi connectivity index (χ1) is 12.6. The minimum Gasteiger partial charge on any atom is -0.495 e. The van der Waals surface area contributed by atoms with Crippen molar-refractivity contribution >= 4 is 35.0 Å². The number of hydrogen-bond donors (Lipinski definition) is 1. The number of benzene rings is 2. The van der Waals surface area contributed by atoms with Gasteiger partial charge in [0.25, 0.3) is 0 Å². The van der Waals surface area contributed by atoms with Crippen LogP contribution in [0.1, 0.15) is 0 Å². The zero-order valence-corrected chi connectivity index (χ0v) is 15.8. The molecule has 0 aliphatic rings. The average molecular weight is 389 g/mol. The van der Waals surface area contributed by atoms with Crippen molar-refractivity contribution in [3.63, 3.8) is 0 Å². The Kier molecular flexibility index (Phi) is 5.80. The maximum atomic E-state index is 12.2. The Morgan fingerprint density at radius 1 is 1.19 bits per heavy atom. The number of amides is 1. The van der Waals surface area contributed by atoms with E-state index in [0.717, 1.165) is 5.56 Å². The first-order valence-electron chi connectivity index (χ1n) is 7.79. The molecule has 134 valence electrons. The maximum absolute atomic E-state index is 12.2. The molecule has 0 fully saturated rings. The fourth-order valence-corrected chi connectivity index (χ4v) is 3.19. The van der Waals surface area contributed by atoms with Crippen molar-refractivity contribution < 1.29 is 9.53 Å². The third-order valence-corrected chi connectivity index (χ3v) is 4.92. The van der Waals surface area contributed by atoms with E-state index in [2.05, 4.69) is 15.5 Å². The average Bonchev–Trinajstić information content (AvgIpc) is 3.02. The van der Waals surface area contributed by atoms with Crippen LogP contribution in [0.5, 0.6) is 5.75 Å². The minimum absolute atomic E-state index is 0.143. The SMILES string of the molecule is COc1ccccc1NC(=O)CSc1nnc(-c2ccc(Cl)cc2)n1C. The van der Waals surface area contributed by atoms with Gasteiger partial charge >= 0.3 is 0 Å². The van der Waals surface area contributed by atoms with Gasteiger partial charge < -0.3 is 14.6 Å². The number of thioether (sulfide) groups is 1. The van der Waals surface area contributed by atoms with Gasteiger partial charge in [0.2, 0.25) is 5.91 Å². The molecule has 0 atom stereocenters. The van der Waals surface area contributed by atoms with Crippen molar-refractivity contribution in [2.24, 2.45) is 7.05 Å². The molecule has 0 aliphatic heterocycles. The van der Waals surface area contributed by atoms with E-state index >= 15 is 0 Å². The van der Waals surface area contributed by atoms with Crippen LogP contribution < -0.4 is 10.1 Å². The molecule has 0 spiro atoms. The largest absolute Gasteiger partial charge is 0.495 e. The van der Waals surface area contributed by atoms with Crippen molar-refractivity contribution in [3.8, 4) is 17.1 Å². The Balaban J connectivity index is 1.65. The number of methoxy groups -OCH3 is 1.